The minimum atomic E-state index is -0.436. The van der Waals surface area contributed by atoms with Crippen molar-refractivity contribution < 1.29 is 9.18 Å². The number of rotatable bonds is 3. The maximum atomic E-state index is 13.2. The largest absolute Gasteiger partial charge is 0.338 e. The fourth-order valence-corrected chi connectivity index (χ4v) is 1.57. The summed E-state index contributed by atoms with van der Waals surface area (Å²) < 4.78 is 13.6. The van der Waals surface area contributed by atoms with Crippen LogP contribution in [0.5, 0.6) is 0 Å². The molecular formula is C12H13BrFNO. The highest BCUT2D eigenvalue weighted by Crippen LogP contribution is 2.17. The second kappa shape index (κ2) is 5.25. The highest BCUT2D eigenvalue weighted by atomic mass is 79.9. The third kappa shape index (κ3) is 3.17. The molecule has 0 fully saturated rings. The Hall–Kier alpha value is -1.16. The Labute approximate surface area is 103 Å². The molecule has 16 heavy (non-hydrogen) atoms. The summed E-state index contributed by atoms with van der Waals surface area (Å²) in [5.41, 5.74) is 1.22. The van der Waals surface area contributed by atoms with Crippen molar-refractivity contribution in [2.45, 2.75) is 6.92 Å². The smallest absolute Gasteiger partial charge is 0.253 e. The molecule has 1 amide bonds. The lowest BCUT2D eigenvalue weighted by Gasteiger charge is -2.17. The van der Waals surface area contributed by atoms with Crippen molar-refractivity contribution in [3.63, 3.8) is 0 Å². The molecule has 0 aromatic heterocycles. The van der Waals surface area contributed by atoms with Gasteiger partial charge in [0, 0.05) is 19.2 Å². The number of carbonyl (C=O) groups excluding carboxylic acids is 1. The molecule has 0 atom stereocenters. The van der Waals surface area contributed by atoms with E-state index < -0.39 is 5.82 Å². The van der Waals surface area contributed by atoms with E-state index >= 15 is 0 Å². The molecule has 0 aliphatic carbocycles. The van der Waals surface area contributed by atoms with Gasteiger partial charge in [-0.2, -0.15) is 0 Å². The highest BCUT2D eigenvalue weighted by molar-refractivity contribution is 9.10. The van der Waals surface area contributed by atoms with Gasteiger partial charge in [-0.1, -0.05) is 12.2 Å². The monoisotopic (exact) mass is 285 g/mol. The molecule has 4 heteroatoms. The van der Waals surface area contributed by atoms with Gasteiger partial charge in [-0.15, -0.1) is 0 Å². The average Bonchev–Trinajstić information content (AvgIpc) is 2.20. The molecule has 1 rings (SSSR count). The summed E-state index contributed by atoms with van der Waals surface area (Å²) in [6.07, 6.45) is 0. The number of halogens is 2. The lowest BCUT2D eigenvalue weighted by Crippen LogP contribution is -2.28. The van der Waals surface area contributed by atoms with Crippen LogP contribution in [0.15, 0.2) is 34.8 Å². The lowest BCUT2D eigenvalue weighted by molar-refractivity contribution is 0.0806. The Balaban J connectivity index is 2.88. The van der Waals surface area contributed by atoms with Gasteiger partial charge in [0.1, 0.15) is 5.82 Å². The predicted molar refractivity (Wildman–Crippen MR) is 65.9 cm³/mol. The molecule has 0 unspecified atom stereocenters. The van der Waals surface area contributed by atoms with Gasteiger partial charge in [0.2, 0.25) is 0 Å². The van der Waals surface area contributed by atoms with Gasteiger partial charge < -0.3 is 4.90 Å². The molecule has 1 aromatic rings. The molecule has 0 aliphatic rings. The minimum Gasteiger partial charge on any atom is -0.338 e. The summed E-state index contributed by atoms with van der Waals surface area (Å²) in [7, 11) is 1.66. The van der Waals surface area contributed by atoms with Crippen LogP contribution in [-0.2, 0) is 0 Å². The summed E-state index contributed by atoms with van der Waals surface area (Å²) in [4.78, 5) is 13.4. The fraction of sp³-hybridized carbons (Fsp3) is 0.250. The molecule has 0 N–H and O–H groups in total. The number of amides is 1. The molecule has 0 aliphatic heterocycles. The SMILES string of the molecule is C=C(C)CN(C)C(=O)c1ccc(Br)c(F)c1. The first-order chi connectivity index (χ1) is 7.41. The normalized spacial score (nSPS) is 10.0. The van der Waals surface area contributed by atoms with E-state index in [1.807, 2.05) is 6.92 Å². The van der Waals surface area contributed by atoms with E-state index in [-0.39, 0.29) is 5.91 Å². The minimum absolute atomic E-state index is 0.214. The van der Waals surface area contributed by atoms with Gasteiger partial charge in [0.05, 0.1) is 4.47 Å². The summed E-state index contributed by atoms with van der Waals surface area (Å²) in [6, 6.07) is 4.34. The Morgan fingerprint density at radius 2 is 2.19 bits per heavy atom. The van der Waals surface area contributed by atoms with E-state index in [1.165, 1.54) is 17.0 Å². The highest BCUT2D eigenvalue weighted by Gasteiger charge is 2.13. The third-order valence-electron chi connectivity index (χ3n) is 2.02. The predicted octanol–water partition coefficient (Wildman–Crippen LogP) is 3.24. The zero-order valence-electron chi connectivity index (χ0n) is 9.26. The standard InChI is InChI=1S/C12H13BrFNO/c1-8(2)7-15(3)12(16)9-4-5-10(13)11(14)6-9/h4-6H,1,7H2,2-3H3. The van der Waals surface area contributed by atoms with Crippen LogP contribution >= 0.6 is 15.9 Å². The van der Waals surface area contributed by atoms with Crippen molar-refractivity contribution >= 4 is 21.8 Å². The Morgan fingerprint density at radius 1 is 1.56 bits per heavy atom. The number of hydrogen-bond acceptors (Lipinski definition) is 1. The van der Waals surface area contributed by atoms with Crippen LogP contribution in [0, 0.1) is 5.82 Å². The molecule has 0 heterocycles. The molecule has 0 radical (unpaired) electrons. The van der Waals surface area contributed by atoms with E-state index in [1.54, 1.807) is 13.1 Å². The zero-order chi connectivity index (χ0) is 12.3. The molecule has 0 saturated heterocycles. The molecule has 86 valence electrons. The zero-order valence-corrected chi connectivity index (χ0v) is 10.8. The van der Waals surface area contributed by atoms with Gasteiger partial charge in [-0.25, -0.2) is 4.39 Å². The van der Waals surface area contributed by atoms with E-state index in [4.69, 9.17) is 0 Å². The van der Waals surface area contributed by atoms with Crippen LogP contribution in [0.3, 0.4) is 0 Å². The molecule has 0 bridgehead atoms. The summed E-state index contributed by atoms with van der Waals surface area (Å²) >= 11 is 3.04. The first-order valence-corrected chi connectivity index (χ1v) is 5.56. The van der Waals surface area contributed by atoms with Crippen molar-refractivity contribution in [3.05, 3.63) is 46.2 Å². The van der Waals surface area contributed by atoms with E-state index in [2.05, 4.69) is 22.5 Å². The van der Waals surface area contributed by atoms with Crippen molar-refractivity contribution in [2.75, 3.05) is 13.6 Å². The van der Waals surface area contributed by atoms with Crippen LogP contribution < -0.4 is 0 Å². The Kier molecular flexibility index (Phi) is 4.24. The van der Waals surface area contributed by atoms with Gasteiger partial charge in [0.25, 0.3) is 5.91 Å². The van der Waals surface area contributed by atoms with Crippen molar-refractivity contribution in [2.24, 2.45) is 0 Å². The molecule has 1 aromatic carbocycles. The van der Waals surface area contributed by atoms with Gasteiger partial charge in [0.15, 0.2) is 0 Å². The number of carbonyl (C=O) groups is 1. The van der Waals surface area contributed by atoms with E-state index in [0.717, 1.165) is 5.57 Å². The van der Waals surface area contributed by atoms with E-state index in [9.17, 15) is 9.18 Å². The Bertz CT molecular complexity index is 431. The molecule has 2 nitrogen and oxygen atoms in total. The summed E-state index contributed by atoms with van der Waals surface area (Å²) in [6.45, 7) is 6.04. The maximum Gasteiger partial charge on any atom is 0.253 e. The first-order valence-electron chi connectivity index (χ1n) is 4.76. The summed E-state index contributed by atoms with van der Waals surface area (Å²) in [5, 5.41) is 0. The topological polar surface area (TPSA) is 20.3 Å². The Morgan fingerprint density at radius 3 is 2.69 bits per heavy atom. The fourth-order valence-electron chi connectivity index (χ4n) is 1.33. The van der Waals surface area contributed by atoms with Crippen LogP contribution in [-0.4, -0.2) is 24.4 Å². The number of hydrogen-bond donors (Lipinski definition) is 0. The van der Waals surface area contributed by atoms with Gasteiger partial charge >= 0.3 is 0 Å². The third-order valence-corrected chi connectivity index (χ3v) is 2.66. The van der Waals surface area contributed by atoms with Gasteiger partial charge in [-0.3, -0.25) is 4.79 Å². The quantitative estimate of drug-likeness (QED) is 0.781. The lowest BCUT2D eigenvalue weighted by atomic mass is 10.2. The number of benzene rings is 1. The van der Waals surface area contributed by atoms with Crippen LogP contribution in [0.1, 0.15) is 17.3 Å². The van der Waals surface area contributed by atoms with Crippen molar-refractivity contribution in [1.29, 1.82) is 0 Å². The van der Waals surface area contributed by atoms with E-state index in [0.29, 0.717) is 16.6 Å². The average molecular weight is 286 g/mol. The van der Waals surface area contributed by atoms with Crippen molar-refractivity contribution in [3.8, 4) is 0 Å². The molecule has 0 spiro atoms. The van der Waals surface area contributed by atoms with Crippen LogP contribution in [0.4, 0.5) is 4.39 Å². The first kappa shape index (κ1) is 12.9. The number of likely N-dealkylation sites (N-methyl/N-ethyl adjacent to an activating group) is 1. The maximum absolute atomic E-state index is 13.2. The van der Waals surface area contributed by atoms with Crippen LogP contribution in [0.25, 0.3) is 0 Å². The molecular weight excluding hydrogens is 273 g/mol. The van der Waals surface area contributed by atoms with Crippen LogP contribution in [0.2, 0.25) is 0 Å². The second-order valence-corrected chi connectivity index (χ2v) is 4.60. The number of nitrogens with zero attached hydrogens (tertiary/aromatic N) is 1. The summed E-state index contributed by atoms with van der Waals surface area (Å²) in [5.74, 6) is -0.649. The van der Waals surface area contributed by atoms with Crippen molar-refractivity contribution in [1.82, 2.24) is 4.90 Å². The molecule has 0 saturated carbocycles. The van der Waals surface area contributed by atoms with Gasteiger partial charge in [-0.05, 0) is 41.1 Å². The second-order valence-electron chi connectivity index (χ2n) is 3.75.